The molecule has 1 aromatic rings. The maximum absolute atomic E-state index is 11.2. The van der Waals surface area contributed by atoms with Gasteiger partial charge in [-0.25, -0.2) is 23.5 Å². The molecule has 90 valence electrons. The van der Waals surface area contributed by atoms with Gasteiger partial charge in [0, 0.05) is 12.4 Å². The number of hydrogen-bond acceptors (Lipinski definition) is 5. The molecule has 16 heavy (non-hydrogen) atoms. The molecule has 0 spiro atoms. The molecule has 1 heterocycles. The molecule has 0 radical (unpaired) electrons. The molecule has 6 nitrogen and oxygen atoms in total. The standard InChI is InChI=1S/C9H15N3O3S/c1-6-4-11-8(12-5-6)9(3,13)7(2)16(10,14)15/h4-5,7,13H,1-3H3,(H2,10,14,15)/t7-,9+/m0/s1. The zero-order valence-electron chi connectivity index (χ0n) is 9.38. The first-order chi connectivity index (χ1) is 7.15. The van der Waals surface area contributed by atoms with Gasteiger partial charge in [-0.05, 0) is 26.3 Å². The molecule has 1 aromatic heterocycles. The number of hydrogen-bond donors (Lipinski definition) is 2. The van der Waals surface area contributed by atoms with Crippen LogP contribution < -0.4 is 5.14 Å². The zero-order chi connectivity index (χ0) is 12.6. The molecule has 0 unspecified atom stereocenters. The van der Waals surface area contributed by atoms with Crippen LogP contribution in [0.1, 0.15) is 25.2 Å². The fourth-order valence-corrected chi connectivity index (χ4v) is 1.90. The van der Waals surface area contributed by atoms with Gasteiger partial charge in [0.05, 0.1) is 0 Å². The average Bonchev–Trinajstić information content (AvgIpc) is 2.16. The van der Waals surface area contributed by atoms with Crippen LogP contribution in [0.2, 0.25) is 0 Å². The van der Waals surface area contributed by atoms with Gasteiger partial charge < -0.3 is 5.11 Å². The highest BCUT2D eigenvalue weighted by atomic mass is 32.2. The Morgan fingerprint density at radius 2 is 1.88 bits per heavy atom. The lowest BCUT2D eigenvalue weighted by molar-refractivity contribution is 0.0469. The third-order valence-corrected chi connectivity index (χ3v) is 3.96. The Labute approximate surface area is 94.6 Å². The first kappa shape index (κ1) is 13.0. The van der Waals surface area contributed by atoms with Gasteiger partial charge in [-0.1, -0.05) is 0 Å². The van der Waals surface area contributed by atoms with E-state index in [0.717, 1.165) is 5.56 Å². The third kappa shape index (κ3) is 2.55. The minimum Gasteiger partial charge on any atom is -0.381 e. The molecule has 3 N–H and O–H groups in total. The van der Waals surface area contributed by atoms with Crippen molar-refractivity contribution in [2.24, 2.45) is 5.14 Å². The van der Waals surface area contributed by atoms with E-state index in [2.05, 4.69) is 9.97 Å². The van der Waals surface area contributed by atoms with Crippen molar-refractivity contribution >= 4 is 10.0 Å². The number of nitrogens with two attached hydrogens (primary N) is 1. The summed E-state index contributed by atoms with van der Waals surface area (Å²) >= 11 is 0. The van der Waals surface area contributed by atoms with E-state index in [-0.39, 0.29) is 5.82 Å². The number of primary sulfonamides is 1. The Morgan fingerprint density at radius 1 is 1.44 bits per heavy atom. The summed E-state index contributed by atoms with van der Waals surface area (Å²) in [5.74, 6) is 0.0413. The fourth-order valence-electron chi connectivity index (χ4n) is 1.16. The normalized spacial score (nSPS) is 17.8. The summed E-state index contributed by atoms with van der Waals surface area (Å²) in [4.78, 5) is 7.81. The van der Waals surface area contributed by atoms with Crippen molar-refractivity contribution in [3.8, 4) is 0 Å². The van der Waals surface area contributed by atoms with E-state index in [1.165, 1.54) is 26.2 Å². The second kappa shape index (κ2) is 4.08. The zero-order valence-corrected chi connectivity index (χ0v) is 10.2. The number of sulfonamides is 1. The van der Waals surface area contributed by atoms with Gasteiger partial charge in [0.2, 0.25) is 10.0 Å². The molecule has 2 atom stereocenters. The molecule has 7 heteroatoms. The van der Waals surface area contributed by atoms with Crippen LogP contribution in [0.25, 0.3) is 0 Å². The molecule has 1 rings (SSSR count). The van der Waals surface area contributed by atoms with Crippen molar-refractivity contribution in [2.45, 2.75) is 31.6 Å². The molecule has 0 saturated heterocycles. The van der Waals surface area contributed by atoms with Crippen LogP contribution in [0.5, 0.6) is 0 Å². The Morgan fingerprint density at radius 3 is 2.25 bits per heavy atom. The van der Waals surface area contributed by atoms with Crippen LogP contribution >= 0.6 is 0 Å². The summed E-state index contributed by atoms with van der Waals surface area (Å²) in [7, 11) is -3.85. The number of rotatable bonds is 3. The lowest BCUT2D eigenvalue weighted by atomic mass is 10.0. The van der Waals surface area contributed by atoms with Crippen molar-refractivity contribution in [1.29, 1.82) is 0 Å². The van der Waals surface area contributed by atoms with Crippen molar-refractivity contribution in [2.75, 3.05) is 0 Å². The van der Waals surface area contributed by atoms with Crippen molar-refractivity contribution < 1.29 is 13.5 Å². The summed E-state index contributed by atoms with van der Waals surface area (Å²) in [6.07, 6.45) is 3.01. The average molecular weight is 245 g/mol. The van der Waals surface area contributed by atoms with Crippen LogP contribution in [0, 0.1) is 6.92 Å². The second-order valence-corrected chi connectivity index (χ2v) is 5.85. The molecule has 0 bridgehead atoms. The molecule has 0 aliphatic carbocycles. The van der Waals surface area contributed by atoms with Crippen LogP contribution in [0.4, 0.5) is 0 Å². The van der Waals surface area contributed by atoms with Gasteiger partial charge in [0.25, 0.3) is 0 Å². The van der Waals surface area contributed by atoms with Crippen LogP contribution in [0.3, 0.4) is 0 Å². The third-order valence-electron chi connectivity index (χ3n) is 2.52. The smallest absolute Gasteiger partial charge is 0.215 e. The Balaban J connectivity index is 3.16. The molecule has 0 aliphatic rings. The van der Waals surface area contributed by atoms with Gasteiger partial charge in [-0.15, -0.1) is 0 Å². The predicted molar refractivity (Wildman–Crippen MR) is 58.9 cm³/mol. The lowest BCUT2D eigenvalue weighted by Gasteiger charge is -2.26. The highest BCUT2D eigenvalue weighted by Gasteiger charge is 2.40. The first-order valence-electron chi connectivity index (χ1n) is 4.69. The number of aromatic nitrogens is 2. The molecule has 0 amide bonds. The lowest BCUT2D eigenvalue weighted by Crippen LogP contribution is -2.44. The van der Waals surface area contributed by atoms with Crippen molar-refractivity contribution in [1.82, 2.24) is 9.97 Å². The van der Waals surface area contributed by atoms with Crippen molar-refractivity contribution in [3.05, 3.63) is 23.8 Å². The highest BCUT2D eigenvalue weighted by molar-refractivity contribution is 7.89. The molecular formula is C9H15N3O3S. The summed E-state index contributed by atoms with van der Waals surface area (Å²) < 4.78 is 22.4. The molecule has 0 saturated carbocycles. The molecule has 0 aromatic carbocycles. The fraction of sp³-hybridized carbons (Fsp3) is 0.556. The Kier molecular flexibility index (Phi) is 3.32. The minimum absolute atomic E-state index is 0.0413. The topological polar surface area (TPSA) is 106 Å². The predicted octanol–water partition coefficient (Wildman–Crippen LogP) is -0.330. The summed E-state index contributed by atoms with van der Waals surface area (Å²) in [6.45, 7) is 4.44. The van der Waals surface area contributed by atoms with E-state index in [9.17, 15) is 13.5 Å². The van der Waals surface area contributed by atoms with Crippen LogP contribution in [-0.2, 0) is 15.6 Å². The molecule has 0 aliphatic heterocycles. The van der Waals surface area contributed by atoms with Crippen LogP contribution in [0.15, 0.2) is 12.4 Å². The number of aryl methyl sites for hydroxylation is 1. The highest BCUT2D eigenvalue weighted by Crippen LogP contribution is 2.24. The number of aliphatic hydroxyl groups is 1. The molecular weight excluding hydrogens is 230 g/mol. The van der Waals surface area contributed by atoms with E-state index in [1.807, 2.05) is 0 Å². The largest absolute Gasteiger partial charge is 0.381 e. The quantitative estimate of drug-likeness (QED) is 0.758. The first-order valence-corrected chi connectivity index (χ1v) is 6.29. The number of nitrogens with zero attached hydrogens (tertiary/aromatic N) is 2. The summed E-state index contributed by atoms with van der Waals surface area (Å²) in [5.41, 5.74) is -0.885. The van der Waals surface area contributed by atoms with E-state index in [1.54, 1.807) is 6.92 Å². The maximum Gasteiger partial charge on any atom is 0.215 e. The Hall–Kier alpha value is -1.05. The molecule has 0 fully saturated rings. The van der Waals surface area contributed by atoms with Gasteiger partial charge in [0.1, 0.15) is 10.9 Å². The SMILES string of the molecule is Cc1cnc([C@](C)(O)[C@H](C)S(N)(=O)=O)nc1. The van der Waals surface area contributed by atoms with Crippen LogP contribution in [-0.4, -0.2) is 28.7 Å². The van der Waals surface area contributed by atoms with Crippen molar-refractivity contribution in [3.63, 3.8) is 0 Å². The summed E-state index contributed by atoms with van der Waals surface area (Å²) in [6, 6.07) is 0. The Bertz CT molecular complexity index is 467. The van der Waals surface area contributed by atoms with E-state index in [4.69, 9.17) is 5.14 Å². The minimum atomic E-state index is -3.85. The van der Waals surface area contributed by atoms with Gasteiger partial charge >= 0.3 is 0 Å². The van der Waals surface area contributed by atoms with Gasteiger partial charge in [-0.3, -0.25) is 0 Å². The van der Waals surface area contributed by atoms with Gasteiger partial charge in [0.15, 0.2) is 5.82 Å². The van der Waals surface area contributed by atoms with E-state index < -0.39 is 20.9 Å². The van der Waals surface area contributed by atoms with E-state index in [0.29, 0.717) is 0 Å². The monoisotopic (exact) mass is 245 g/mol. The summed E-state index contributed by atoms with van der Waals surface area (Å²) in [5, 5.41) is 13.9. The second-order valence-electron chi connectivity index (χ2n) is 3.96. The van der Waals surface area contributed by atoms with E-state index >= 15 is 0 Å². The maximum atomic E-state index is 11.2. The van der Waals surface area contributed by atoms with Gasteiger partial charge in [-0.2, -0.15) is 0 Å².